The number of nitrogens with zero attached hydrogens (tertiary/aromatic N) is 3. The highest BCUT2D eigenvalue weighted by Crippen LogP contribution is 2.27. The Kier molecular flexibility index (Phi) is 7.27. The molecular formula is C21H24ClN5. The van der Waals surface area contributed by atoms with Crippen molar-refractivity contribution in [2.24, 2.45) is 4.99 Å². The summed E-state index contributed by atoms with van der Waals surface area (Å²) in [5, 5.41) is 11.7. The monoisotopic (exact) mass is 381 g/mol. The van der Waals surface area contributed by atoms with Crippen LogP contribution in [0.5, 0.6) is 0 Å². The summed E-state index contributed by atoms with van der Waals surface area (Å²) < 4.78 is 0. The normalized spacial score (nSPS) is 13.7. The molecule has 0 fully saturated rings. The highest BCUT2D eigenvalue weighted by atomic mass is 35.5. The Hall–Kier alpha value is -2.97. The number of terminal acetylenes is 1. The third-order valence-corrected chi connectivity index (χ3v) is 4.52. The molecule has 1 aliphatic rings. The first-order chi connectivity index (χ1) is 13.1. The predicted octanol–water partition coefficient (Wildman–Crippen LogP) is 4.36. The van der Waals surface area contributed by atoms with Crippen LogP contribution >= 0.6 is 11.6 Å². The van der Waals surface area contributed by atoms with Crippen molar-refractivity contribution in [2.45, 2.75) is 19.9 Å². The van der Waals surface area contributed by atoms with Gasteiger partial charge in [-0.3, -0.25) is 10.1 Å². The van der Waals surface area contributed by atoms with Gasteiger partial charge in [0.15, 0.2) is 0 Å². The zero-order valence-electron chi connectivity index (χ0n) is 15.7. The topological polar surface area (TPSA) is 56.3 Å². The quantitative estimate of drug-likeness (QED) is 0.597. The molecule has 2 N–H and O–H groups in total. The van der Waals surface area contributed by atoms with E-state index >= 15 is 0 Å². The van der Waals surface area contributed by atoms with E-state index in [0.717, 1.165) is 42.3 Å². The molecule has 0 saturated heterocycles. The molecule has 0 saturated carbocycles. The maximum absolute atomic E-state index is 6.05. The van der Waals surface area contributed by atoms with Gasteiger partial charge in [0.25, 0.3) is 0 Å². The molecule has 3 rings (SSSR count). The van der Waals surface area contributed by atoms with E-state index in [2.05, 4.69) is 44.8 Å². The predicted molar refractivity (Wildman–Crippen MR) is 115 cm³/mol. The number of fused-ring (bicyclic) bond motifs is 1. The van der Waals surface area contributed by atoms with E-state index in [1.165, 1.54) is 11.3 Å². The molecule has 0 amide bonds. The molecule has 0 aliphatic carbocycles. The smallest absolute Gasteiger partial charge is 0.0986 e. The molecule has 0 radical (unpaired) electrons. The molecule has 5 nitrogen and oxygen atoms in total. The van der Waals surface area contributed by atoms with Crippen LogP contribution in [0, 0.1) is 12.8 Å². The Balaban J connectivity index is 0.00000126. The van der Waals surface area contributed by atoms with Crippen molar-refractivity contribution in [1.82, 2.24) is 15.1 Å². The number of H-pyrrole nitrogens is 1. The Bertz CT molecular complexity index is 876. The van der Waals surface area contributed by atoms with Crippen molar-refractivity contribution in [2.75, 3.05) is 18.9 Å². The van der Waals surface area contributed by atoms with Gasteiger partial charge in [0, 0.05) is 60.3 Å². The fourth-order valence-corrected chi connectivity index (χ4v) is 3.18. The van der Waals surface area contributed by atoms with Crippen molar-refractivity contribution in [1.29, 1.82) is 0 Å². The second-order valence-corrected chi connectivity index (χ2v) is 6.35. The van der Waals surface area contributed by atoms with Crippen LogP contribution in [0.15, 0.2) is 47.7 Å². The van der Waals surface area contributed by atoms with Crippen LogP contribution in [0.3, 0.4) is 0 Å². The number of rotatable bonds is 5. The van der Waals surface area contributed by atoms with E-state index in [9.17, 15) is 0 Å². The minimum Gasteiger partial charge on any atom is -0.354 e. The lowest BCUT2D eigenvalue weighted by molar-refractivity contribution is 0.325. The lowest BCUT2D eigenvalue weighted by atomic mass is 10.0. The first kappa shape index (κ1) is 20.3. The van der Waals surface area contributed by atoms with Crippen molar-refractivity contribution in [3.05, 3.63) is 64.7 Å². The average molecular weight is 382 g/mol. The molecule has 2 heterocycles. The minimum atomic E-state index is 0.701. The number of aliphatic imine (C=N–C) groups is 1. The van der Waals surface area contributed by atoms with Crippen molar-refractivity contribution < 1.29 is 0 Å². The van der Waals surface area contributed by atoms with Crippen LogP contribution in [-0.4, -0.2) is 34.9 Å². The third kappa shape index (κ3) is 4.81. The summed E-state index contributed by atoms with van der Waals surface area (Å²) in [5.74, 6) is 0.853. The van der Waals surface area contributed by atoms with E-state index in [1.807, 2.05) is 43.5 Å². The van der Waals surface area contributed by atoms with Gasteiger partial charge in [0.1, 0.15) is 0 Å². The summed E-state index contributed by atoms with van der Waals surface area (Å²) in [6.07, 6.45) is 12.8. The zero-order valence-corrected chi connectivity index (χ0v) is 16.4. The van der Waals surface area contributed by atoms with Gasteiger partial charge in [-0.1, -0.05) is 30.3 Å². The van der Waals surface area contributed by atoms with E-state index < -0.39 is 0 Å². The molecule has 0 spiro atoms. The van der Waals surface area contributed by atoms with E-state index in [4.69, 9.17) is 11.6 Å². The van der Waals surface area contributed by atoms with Crippen LogP contribution < -0.4 is 5.32 Å². The highest BCUT2D eigenvalue weighted by molar-refractivity contribution is 6.30. The fraction of sp³-hybridized carbons (Fsp3) is 0.238. The number of benzene rings is 1. The van der Waals surface area contributed by atoms with Gasteiger partial charge >= 0.3 is 0 Å². The van der Waals surface area contributed by atoms with Gasteiger partial charge in [-0.2, -0.15) is 5.10 Å². The van der Waals surface area contributed by atoms with E-state index in [-0.39, 0.29) is 0 Å². The summed E-state index contributed by atoms with van der Waals surface area (Å²) in [5.41, 5.74) is 5.31. The molecular weight excluding hydrogens is 358 g/mol. The molecule has 0 bridgehead atoms. The van der Waals surface area contributed by atoms with Crippen molar-refractivity contribution in [3.8, 4) is 12.8 Å². The summed E-state index contributed by atoms with van der Waals surface area (Å²) in [6.45, 7) is 7.83. The number of allylic oxidation sites excluding steroid dienone is 2. The summed E-state index contributed by atoms with van der Waals surface area (Å²) in [7, 11) is 1.77. The average Bonchev–Trinajstić information content (AvgIpc) is 3.10. The number of hydrogen-bond acceptors (Lipinski definition) is 4. The van der Waals surface area contributed by atoms with Gasteiger partial charge < -0.3 is 10.2 Å². The van der Waals surface area contributed by atoms with Gasteiger partial charge in [-0.15, -0.1) is 12.8 Å². The fourth-order valence-electron chi connectivity index (χ4n) is 2.99. The van der Waals surface area contributed by atoms with Crippen LogP contribution in [0.25, 0.3) is 5.57 Å². The van der Waals surface area contributed by atoms with Crippen LogP contribution in [0.1, 0.15) is 23.9 Å². The van der Waals surface area contributed by atoms with Gasteiger partial charge in [-0.05, 0) is 25.1 Å². The van der Waals surface area contributed by atoms with Crippen molar-refractivity contribution >= 4 is 29.1 Å². The largest absolute Gasteiger partial charge is 0.354 e. The standard InChI is InChI=1S/C19H22ClN5.C2H2/c1-4-14(11-21-3)19-17-12-25(9-8-18(17)23-24-19)13(2)22-16-7-5-6-15(20)10-16;1-2/h4-7,10-11,22H,2,8-9,12H2,1,3H3,(H,23,24);1-2H/b14-4+,21-11?;. The van der Waals surface area contributed by atoms with Crippen LogP contribution in [-0.2, 0) is 13.0 Å². The molecule has 6 heteroatoms. The Morgan fingerprint density at radius 2 is 2.22 bits per heavy atom. The maximum Gasteiger partial charge on any atom is 0.0986 e. The van der Waals surface area contributed by atoms with Gasteiger partial charge in [0.05, 0.1) is 11.5 Å². The first-order valence-electron chi connectivity index (χ1n) is 8.57. The van der Waals surface area contributed by atoms with E-state index in [1.54, 1.807) is 7.05 Å². The lowest BCUT2D eigenvalue weighted by Crippen LogP contribution is -2.32. The zero-order chi connectivity index (χ0) is 19.8. The van der Waals surface area contributed by atoms with Gasteiger partial charge in [0.2, 0.25) is 0 Å². The summed E-state index contributed by atoms with van der Waals surface area (Å²) in [6, 6.07) is 7.64. The maximum atomic E-state index is 6.05. The number of hydrogen-bond donors (Lipinski definition) is 2. The molecule has 140 valence electrons. The molecule has 0 atom stereocenters. The molecule has 27 heavy (non-hydrogen) atoms. The summed E-state index contributed by atoms with van der Waals surface area (Å²) in [4.78, 5) is 6.35. The molecule has 2 aromatic rings. The molecule has 1 aliphatic heterocycles. The summed E-state index contributed by atoms with van der Waals surface area (Å²) >= 11 is 6.05. The third-order valence-electron chi connectivity index (χ3n) is 4.28. The van der Waals surface area contributed by atoms with E-state index in [0.29, 0.717) is 5.02 Å². The first-order valence-corrected chi connectivity index (χ1v) is 8.95. The molecule has 1 aromatic heterocycles. The lowest BCUT2D eigenvalue weighted by Gasteiger charge is -2.31. The molecule has 1 aromatic carbocycles. The van der Waals surface area contributed by atoms with Crippen molar-refractivity contribution in [3.63, 3.8) is 0 Å². The number of nitrogens with one attached hydrogen (secondary N) is 2. The number of aromatic amines is 1. The SMILES string of the molecule is C#C.C=C(Nc1cccc(Cl)c1)N1CCc2[nH]nc(/C(C=NC)=C/C)c2C1. The number of aromatic nitrogens is 2. The second-order valence-electron chi connectivity index (χ2n) is 5.91. The number of anilines is 1. The van der Waals surface area contributed by atoms with Gasteiger partial charge in [-0.25, -0.2) is 0 Å². The highest BCUT2D eigenvalue weighted by Gasteiger charge is 2.23. The Morgan fingerprint density at radius 3 is 2.89 bits per heavy atom. The second kappa shape index (κ2) is 9.65. The number of halogens is 1. The van der Waals surface area contributed by atoms with Crippen LogP contribution in [0.2, 0.25) is 5.02 Å². The minimum absolute atomic E-state index is 0.701. The Labute approximate surface area is 165 Å². The Morgan fingerprint density at radius 1 is 1.44 bits per heavy atom. The van der Waals surface area contributed by atoms with Crippen LogP contribution in [0.4, 0.5) is 5.69 Å². The molecule has 0 unspecified atom stereocenters.